The predicted molar refractivity (Wildman–Crippen MR) is 98.6 cm³/mol. The number of hydrogen-bond donors (Lipinski definition) is 0. The smallest absolute Gasteiger partial charge is 0.260 e. The van der Waals surface area contributed by atoms with Crippen LogP contribution in [0, 0.1) is 13.8 Å². The fraction of sp³-hybridized carbons (Fsp3) is 0.316. The molecule has 128 valence electrons. The zero-order chi connectivity index (χ0) is 17.7. The summed E-state index contributed by atoms with van der Waals surface area (Å²) in [6.07, 6.45) is 0. The molecule has 0 radical (unpaired) electrons. The van der Waals surface area contributed by atoms with Crippen molar-refractivity contribution in [1.29, 1.82) is 0 Å². The van der Waals surface area contributed by atoms with E-state index in [0.717, 1.165) is 21.3 Å². The Bertz CT molecular complexity index is 731. The van der Waals surface area contributed by atoms with Gasteiger partial charge in [-0.3, -0.25) is 4.79 Å². The van der Waals surface area contributed by atoms with Crippen molar-refractivity contribution in [2.24, 2.45) is 0 Å². The van der Waals surface area contributed by atoms with Gasteiger partial charge in [0.1, 0.15) is 11.5 Å². The molecule has 0 heterocycles. The van der Waals surface area contributed by atoms with Gasteiger partial charge >= 0.3 is 0 Å². The van der Waals surface area contributed by atoms with E-state index < -0.39 is 0 Å². The number of carbonyl (C=O) groups is 1. The highest BCUT2D eigenvalue weighted by molar-refractivity contribution is 9.10. The SMILES string of the molecule is COc1ccc(Br)cc1CN(C)C(=O)COc1ccc(C)c(C)c1. The third-order valence-corrected chi connectivity index (χ3v) is 4.41. The lowest BCUT2D eigenvalue weighted by molar-refractivity contribution is -0.132. The Kier molecular flexibility index (Phi) is 6.26. The molecule has 0 N–H and O–H groups in total. The van der Waals surface area contributed by atoms with Crippen LogP contribution in [0.5, 0.6) is 11.5 Å². The molecule has 2 aromatic carbocycles. The van der Waals surface area contributed by atoms with Crippen LogP contribution in [-0.4, -0.2) is 31.6 Å². The zero-order valence-corrected chi connectivity index (χ0v) is 16.0. The largest absolute Gasteiger partial charge is 0.496 e. The van der Waals surface area contributed by atoms with Crippen molar-refractivity contribution >= 4 is 21.8 Å². The van der Waals surface area contributed by atoms with E-state index in [1.807, 2.05) is 50.2 Å². The first-order chi connectivity index (χ1) is 11.4. The summed E-state index contributed by atoms with van der Waals surface area (Å²) < 4.78 is 11.9. The van der Waals surface area contributed by atoms with Gasteiger partial charge in [0, 0.05) is 23.6 Å². The topological polar surface area (TPSA) is 38.8 Å². The zero-order valence-electron chi connectivity index (χ0n) is 14.4. The van der Waals surface area contributed by atoms with Gasteiger partial charge in [0.2, 0.25) is 0 Å². The predicted octanol–water partition coefficient (Wildman–Crippen LogP) is 4.11. The lowest BCUT2D eigenvalue weighted by Gasteiger charge is -2.19. The molecule has 0 aliphatic rings. The minimum absolute atomic E-state index is 0.00925. The first-order valence-corrected chi connectivity index (χ1v) is 8.46. The number of amides is 1. The molecule has 24 heavy (non-hydrogen) atoms. The molecule has 0 aromatic heterocycles. The number of halogens is 1. The number of ether oxygens (including phenoxy) is 2. The van der Waals surface area contributed by atoms with E-state index in [2.05, 4.69) is 15.9 Å². The van der Waals surface area contributed by atoms with Gasteiger partial charge in [0.05, 0.1) is 7.11 Å². The van der Waals surface area contributed by atoms with Gasteiger partial charge in [-0.1, -0.05) is 22.0 Å². The van der Waals surface area contributed by atoms with Gasteiger partial charge in [0.25, 0.3) is 5.91 Å². The molecule has 2 rings (SSSR count). The van der Waals surface area contributed by atoms with E-state index in [0.29, 0.717) is 12.3 Å². The van der Waals surface area contributed by atoms with Gasteiger partial charge in [-0.2, -0.15) is 0 Å². The summed E-state index contributed by atoms with van der Waals surface area (Å²) in [4.78, 5) is 13.9. The second kappa shape index (κ2) is 8.20. The molecule has 0 bridgehead atoms. The molecule has 0 aliphatic heterocycles. The van der Waals surface area contributed by atoms with Crippen molar-refractivity contribution in [3.63, 3.8) is 0 Å². The lowest BCUT2D eigenvalue weighted by Crippen LogP contribution is -2.31. The van der Waals surface area contributed by atoms with E-state index in [4.69, 9.17) is 9.47 Å². The summed E-state index contributed by atoms with van der Waals surface area (Å²) in [6.45, 7) is 4.53. The summed E-state index contributed by atoms with van der Waals surface area (Å²) >= 11 is 3.44. The molecule has 5 heteroatoms. The highest BCUT2D eigenvalue weighted by atomic mass is 79.9. The third-order valence-electron chi connectivity index (χ3n) is 3.92. The molecule has 0 spiro atoms. The third kappa shape index (κ3) is 4.74. The summed E-state index contributed by atoms with van der Waals surface area (Å²) in [5, 5.41) is 0. The molecule has 0 fully saturated rings. The maximum atomic E-state index is 12.3. The molecule has 0 saturated heterocycles. The van der Waals surface area contributed by atoms with Crippen LogP contribution in [-0.2, 0) is 11.3 Å². The van der Waals surface area contributed by atoms with Crippen LogP contribution >= 0.6 is 15.9 Å². The van der Waals surface area contributed by atoms with Crippen LogP contribution in [0.1, 0.15) is 16.7 Å². The number of benzene rings is 2. The highest BCUT2D eigenvalue weighted by Gasteiger charge is 2.13. The number of likely N-dealkylation sites (N-methyl/N-ethyl adjacent to an activating group) is 1. The van der Waals surface area contributed by atoms with Crippen LogP contribution in [0.25, 0.3) is 0 Å². The van der Waals surface area contributed by atoms with Crippen molar-refractivity contribution in [2.75, 3.05) is 20.8 Å². The van der Waals surface area contributed by atoms with Crippen LogP contribution in [0.2, 0.25) is 0 Å². The van der Waals surface area contributed by atoms with Crippen molar-refractivity contribution in [3.8, 4) is 11.5 Å². The van der Waals surface area contributed by atoms with Gasteiger partial charge in [-0.05, 0) is 55.3 Å². The molecule has 0 saturated carbocycles. The minimum atomic E-state index is -0.0877. The molecule has 2 aromatic rings. The molecule has 0 aliphatic carbocycles. The first kappa shape index (κ1) is 18.3. The molecule has 0 unspecified atom stereocenters. The quantitative estimate of drug-likeness (QED) is 0.743. The van der Waals surface area contributed by atoms with Gasteiger partial charge < -0.3 is 14.4 Å². The van der Waals surface area contributed by atoms with Crippen molar-refractivity contribution in [3.05, 3.63) is 57.6 Å². The normalized spacial score (nSPS) is 10.4. The van der Waals surface area contributed by atoms with Crippen molar-refractivity contribution in [1.82, 2.24) is 4.90 Å². The number of methoxy groups -OCH3 is 1. The molecule has 1 amide bonds. The van der Waals surface area contributed by atoms with E-state index >= 15 is 0 Å². The minimum Gasteiger partial charge on any atom is -0.496 e. The van der Waals surface area contributed by atoms with Gasteiger partial charge in [0.15, 0.2) is 6.61 Å². The van der Waals surface area contributed by atoms with Crippen molar-refractivity contribution < 1.29 is 14.3 Å². The Morgan fingerprint density at radius 1 is 1.12 bits per heavy atom. The Hall–Kier alpha value is -2.01. The maximum absolute atomic E-state index is 12.3. The fourth-order valence-electron chi connectivity index (χ4n) is 2.27. The molecular weight excluding hydrogens is 370 g/mol. The Morgan fingerprint density at radius 2 is 1.88 bits per heavy atom. The Morgan fingerprint density at radius 3 is 2.54 bits per heavy atom. The van der Waals surface area contributed by atoms with Gasteiger partial charge in [-0.25, -0.2) is 0 Å². The summed E-state index contributed by atoms with van der Waals surface area (Å²) in [7, 11) is 3.38. The fourth-order valence-corrected chi connectivity index (χ4v) is 2.68. The maximum Gasteiger partial charge on any atom is 0.260 e. The number of aryl methyl sites for hydroxylation is 2. The number of nitrogens with zero attached hydrogens (tertiary/aromatic N) is 1. The number of hydrogen-bond acceptors (Lipinski definition) is 3. The Labute approximate surface area is 151 Å². The first-order valence-electron chi connectivity index (χ1n) is 7.67. The number of carbonyl (C=O) groups excluding carboxylic acids is 1. The van der Waals surface area contributed by atoms with E-state index in [9.17, 15) is 4.79 Å². The standard InChI is InChI=1S/C19H22BrNO3/c1-13-5-7-17(9-14(13)2)24-12-19(22)21(3)11-15-10-16(20)6-8-18(15)23-4/h5-10H,11-12H2,1-4H3. The summed E-state index contributed by atoms with van der Waals surface area (Å²) in [5.41, 5.74) is 3.29. The van der Waals surface area contributed by atoms with E-state index in [-0.39, 0.29) is 12.5 Å². The average Bonchev–Trinajstić information content (AvgIpc) is 2.55. The summed E-state index contributed by atoms with van der Waals surface area (Å²) in [5.74, 6) is 1.38. The van der Waals surface area contributed by atoms with Crippen molar-refractivity contribution in [2.45, 2.75) is 20.4 Å². The van der Waals surface area contributed by atoms with Crippen LogP contribution < -0.4 is 9.47 Å². The second-order valence-corrected chi connectivity index (χ2v) is 6.66. The van der Waals surface area contributed by atoms with Gasteiger partial charge in [-0.15, -0.1) is 0 Å². The average molecular weight is 392 g/mol. The monoisotopic (exact) mass is 391 g/mol. The molecule has 4 nitrogen and oxygen atoms in total. The lowest BCUT2D eigenvalue weighted by atomic mass is 10.1. The van der Waals surface area contributed by atoms with E-state index in [1.54, 1.807) is 19.1 Å². The summed E-state index contributed by atoms with van der Waals surface area (Å²) in [6, 6.07) is 11.6. The van der Waals surface area contributed by atoms with Crippen LogP contribution in [0.15, 0.2) is 40.9 Å². The van der Waals surface area contributed by atoms with Crippen LogP contribution in [0.3, 0.4) is 0 Å². The molecular formula is C19H22BrNO3. The molecule has 0 atom stereocenters. The second-order valence-electron chi connectivity index (χ2n) is 5.74. The van der Waals surface area contributed by atoms with Crippen LogP contribution in [0.4, 0.5) is 0 Å². The van der Waals surface area contributed by atoms with E-state index in [1.165, 1.54) is 5.56 Å². The number of rotatable bonds is 6. The highest BCUT2D eigenvalue weighted by Crippen LogP contribution is 2.24. The Balaban J connectivity index is 1.97.